The number of anilines is 1. The van der Waals surface area contributed by atoms with Gasteiger partial charge < -0.3 is 10.1 Å². The van der Waals surface area contributed by atoms with E-state index in [0.717, 1.165) is 16.9 Å². The van der Waals surface area contributed by atoms with Gasteiger partial charge in [-0.3, -0.25) is 9.69 Å². The van der Waals surface area contributed by atoms with Crippen molar-refractivity contribution >= 4 is 28.5 Å². The normalized spacial score (nSPS) is 14.9. The van der Waals surface area contributed by atoms with Crippen LogP contribution in [0.5, 0.6) is 0 Å². The molecule has 1 N–H and O–H groups in total. The number of amides is 2. The van der Waals surface area contributed by atoms with Gasteiger partial charge in [0.25, 0.3) is 0 Å². The molecule has 39 heavy (non-hydrogen) atoms. The van der Waals surface area contributed by atoms with Crippen LogP contribution in [-0.4, -0.2) is 34.5 Å². The van der Waals surface area contributed by atoms with E-state index in [-0.39, 0.29) is 23.0 Å². The molecule has 200 valence electrons. The topological polar surface area (TPSA) is 71.5 Å². The molecule has 1 atom stereocenters. The van der Waals surface area contributed by atoms with Gasteiger partial charge >= 0.3 is 6.09 Å². The number of thiazole rings is 1. The van der Waals surface area contributed by atoms with Crippen LogP contribution >= 0.6 is 11.3 Å². The van der Waals surface area contributed by atoms with Crippen molar-refractivity contribution in [1.29, 1.82) is 0 Å². The Balaban J connectivity index is 1.35. The molecular formula is C28H21F4N3O3S. The van der Waals surface area contributed by atoms with Gasteiger partial charge in [0.05, 0.1) is 11.3 Å². The fourth-order valence-corrected chi connectivity index (χ4v) is 5.15. The first kappa shape index (κ1) is 26.4. The highest BCUT2D eigenvalue weighted by molar-refractivity contribution is 7.14. The van der Waals surface area contributed by atoms with Crippen molar-refractivity contribution in [2.75, 3.05) is 11.9 Å². The largest absolute Gasteiger partial charge is 0.445 e. The maximum atomic E-state index is 15.0. The Morgan fingerprint density at radius 2 is 1.56 bits per heavy atom. The molecule has 1 fully saturated rings. The molecule has 1 aromatic heterocycles. The lowest BCUT2D eigenvalue weighted by Crippen LogP contribution is -2.43. The highest BCUT2D eigenvalue weighted by atomic mass is 32.1. The Morgan fingerprint density at radius 3 is 2.26 bits per heavy atom. The number of rotatable bonds is 6. The zero-order chi connectivity index (χ0) is 27.5. The maximum absolute atomic E-state index is 15.0. The molecule has 2 heterocycles. The van der Waals surface area contributed by atoms with Crippen molar-refractivity contribution in [2.45, 2.75) is 25.5 Å². The average Bonchev–Trinajstić information content (AvgIpc) is 3.64. The molecule has 1 aliphatic rings. The highest BCUT2D eigenvalue weighted by Gasteiger charge is 2.36. The lowest BCUT2D eigenvalue weighted by atomic mass is 9.96. The molecule has 0 unspecified atom stereocenters. The number of nitrogens with zero attached hydrogens (tertiary/aromatic N) is 2. The first-order valence-electron chi connectivity index (χ1n) is 12.0. The molecule has 1 aliphatic heterocycles. The van der Waals surface area contributed by atoms with Crippen molar-refractivity contribution in [1.82, 2.24) is 9.88 Å². The summed E-state index contributed by atoms with van der Waals surface area (Å²) in [5.74, 6) is -7.58. The molecule has 4 aromatic rings. The van der Waals surface area contributed by atoms with Crippen molar-refractivity contribution in [3.63, 3.8) is 0 Å². The molecule has 6 nitrogen and oxygen atoms in total. The molecule has 3 aromatic carbocycles. The van der Waals surface area contributed by atoms with Crippen molar-refractivity contribution < 1.29 is 31.9 Å². The van der Waals surface area contributed by atoms with Gasteiger partial charge in [0, 0.05) is 17.5 Å². The van der Waals surface area contributed by atoms with E-state index in [1.807, 2.05) is 30.3 Å². The summed E-state index contributed by atoms with van der Waals surface area (Å²) >= 11 is 0.894. The van der Waals surface area contributed by atoms with E-state index >= 15 is 0 Å². The van der Waals surface area contributed by atoms with E-state index in [4.69, 9.17) is 4.74 Å². The fourth-order valence-electron chi connectivity index (χ4n) is 4.44. The highest BCUT2D eigenvalue weighted by Crippen LogP contribution is 2.40. The van der Waals surface area contributed by atoms with Crippen LogP contribution in [0.3, 0.4) is 0 Å². The Morgan fingerprint density at radius 1 is 0.923 bits per heavy atom. The second-order valence-corrected chi connectivity index (χ2v) is 9.65. The van der Waals surface area contributed by atoms with Crippen LogP contribution in [0.1, 0.15) is 18.4 Å². The first-order chi connectivity index (χ1) is 18.8. The van der Waals surface area contributed by atoms with Crippen LogP contribution in [0.15, 0.2) is 66.0 Å². The van der Waals surface area contributed by atoms with Gasteiger partial charge in [0.2, 0.25) is 5.91 Å². The summed E-state index contributed by atoms with van der Waals surface area (Å²) in [7, 11) is 0. The maximum Gasteiger partial charge on any atom is 0.410 e. The number of aromatic nitrogens is 1. The summed E-state index contributed by atoms with van der Waals surface area (Å²) in [6, 6.07) is 15.9. The van der Waals surface area contributed by atoms with Crippen LogP contribution in [0.4, 0.5) is 27.5 Å². The van der Waals surface area contributed by atoms with E-state index < -0.39 is 52.4 Å². The number of carbonyl (C=O) groups excluding carboxylic acids is 2. The van der Waals surface area contributed by atoms with Crippen LogP contribution in [0, 0.1) is 23.3 Å². The van der Waals surface area contributed by atoms with E-state index in [2.05, 4.69) is 10.3 Å². The zero-order valence-corrected chi connectivity index (χ0v) is 21.1. The standard InChI is InChI=1S/C28H21F4N3O3S/c29-22-20(17-10-5-2-6-11-17)21(23(30)25(32)24(22)31)18-15-39-27(33-18)34-26(36)19-12-7-13-35(19)28(37)38-14-16-8-3-1-4-9-16/h1-6,8-11,15,19H,7,12-14H2,(H,33,34,36)/t19-/m1/s1. The van der Waals surface area contributed by atoms with E-state index in [1.54, 1.807) is 18.2 Å². The number of hydrogen-bond acceptors (Lipinski definition) is 5. The lowest BCUT2D eigenvalue weighted by molar-refractivity contribution is -0.120. The smallest absolute Gasteiger partial charge is 0.410 e. The summed E-state index contributed by atoms with van der Waals surface area (Å²) in [5, 5.41) is 3.91. The third-order valence-corrected chi connectivity index (χ3v) is 7.07. The monoisotopic (exact) mass is 555 g/mol. The van der Waals surface area contributed by atoms with Gasteiger partial charge in [-0.1, -0.05) is 60.7 Å². The average molecular weight is 556 g/mol. The minimum atomic E-state index is -1.96. The van der Waals surface area contributed by atoms with Crippen LogP contribution in [0.2, 0.25) is 0 Å². The minimum Gasteiger partial charge on any atom is -0.445 e. The summed E-state index contributed by atoms with van der Waals surface area (Å²) in [6.45, 7) is 0.384. The second kappa shape index (κ2) is 11.2. The van der Waals surface area contributed by atoms with E-state index in [9.17, 15) is 27.2 Å². The molecule has 2 amide bonds. The first-order valence-corrected chi connectivity index (χ1v) is 12.9. The Labute approximate surface area is 224 Å². The molecule has 5 rings (SSSR count). The molecule has 0 radical (unpaired) electrons. The van der Waals surface area contributed by atoms with Gasteiger partial charge in [0.1, 0.15) is 12.6 Å². The lowest BCUT2D eigenvalue weighted by Gasteiger charge is -2.22. The molecule has 1 saturated heterocycles. The molecule has 11 heteroatoms. The third-order valence-electron chi connectivity index (χ3n) is 6.32. The van der Waals surface area contributed by atoms with Gasteiger partial charge in [0.15, 0.2) is 28.4 Å². The number of likely N-dealkylation sites (tertiary alicyclic amines) is 1. The minimum absolute atomic E-state index is 0.0167. The molecule has 0 saturated carbocycles. The Hall–Kier alpha value is -4.25. The SMILES string of the molecule is O=C(Nc1nc(-c2c(F)c(F)c(F)c(F)c2-c2ccccc2)cs1)[C@H]1CCCN1C(=O)OCc1ccccc1. The summed E-state index contributed by atoms with van der Waals surface area (Å²) in [4.78, 5) is 31.1. The van der Waals surface area contributed by atoms with E-state index in [1.165, 1.54) is 22.4 Å². The van der Waals surface area contributed by atoms with Gasteiger partial charge in [-0.2, -0.15) is 0 Å². The Bertz CT molecular complexity index is 1520. The van der Waals surface area contributed by atoms with Gasteiger partial charge in [-0.05, 0) is 24.0 Å². The molecule has 0 bridgehead atoms. The molecule has 0 spiro atoms. The van der Waals surface area contributed by atoms with Gasteiger partial charge in [-0.15, -0.1) is 11.3 Å². The third kappa shape index (κ3) is 5.35. The zero-order valence-electron chi connectivity index (χ0n) is 20.3. The van der Waals surface area contributed by atoms with Crippen molar-refractivity contribution in [3.05, 3.63) is 94.9 Å². The number of halogens is 4. The summed E-state index contributed by atoms with van der Waals surface area (Å²) in [6.07, 6.45) is 0.343. The predicted octanol–water partition coefficient (Wildman–Crippen LogP) is 6.77. The van der Waals surface area contributed by atoms with Crippen molar-refractivity contribution in [2.24, 2.45) is 0 Å². The quantitative estimate of drug-likeness (QED) is 0.162. The van der Waals surface area contributed by atoms with Crippen LogP contribution in [0.25, 0.3) is 22.4 Å². The second-order valence-electron chi connectivity index (χ2n) is 8.79. The van der Waals surface area contributed by atoms with Gasteiger partial charge in [-0.25, -0.2) is 27.3 Å². The number of carbonyl (C=O) groups is 2. The number of hydrogen-bond donors (Lipinski definition) is 1. The summed E-state index contributed by atoms with van der Waals surface area (Å²) < 4.78 is 63.5. The van der Waals surface area contributed by atoms with Crippen LogP contribution < -0.4 is 5.32 Å². The summed E-state index contributed by atoms with van der Waals surface area (Å²) in [5.41, 5.74) is -0.316. The number of nitrogens with one attached hydrogen (secondary N) is 1. The molecule has 0 aliphatic carbocycles. The number of ether oxygens (including phenoxy) is 1. The fraction of sp³-hybridized carbons (Fsp3) is 0.179. The predicted molar refractivity (Wildman–Crippen MR) is 138 cm³/mol. The number of benzene rings is 3. The van der Waals surface area contributed by atoms with Crippen molar-refractivity contribution in [3.8, 4) is 22.4 Å². The van der Waals surface area contributed by atoms with Crippen LogP contribution in [-0.2, 0) is 16.1 Å². The van der Waals surface area contributed by atoms with E-state index in [0.29, 0.717) is 19.4 Å². The molecular weight excluding hydrogens is 534 g/mol. The Kier molecular flexibility index (Phi) is 7.60.